The molecule has 0 aliphatic carbocycles. The lowest BCUT2D eigenvalue weighted by molar-refractivity contribution is -0.118. The number of benzene rings is 1. The minimum absolute atomic E-state index is 0.0813. The maximum absolute atomic E-state index is 11.1. The first-order valence-electron chi connectivity index (χ1n) is 9.69. The third-order valence-electron chi connectivity index (χ3n) is 4.46. The molecule has 9 heteroatoms. The summed E-state index contributed by atoms with van der Waals surface area (Å²) in [5, 5.41) is 7.28. The summed E-state index contributed by atoms with van der Waals surface area (Å²) in [6, 6.07) is 7.65. The SMILES string of the molecule is CCCn1cnc2c(NCc3ccc(Cl)cc3)nc(NCC(C)CC(N)=O)nc21. The molecule has 0 fully saturated rings. The van der Waals surface area contributed by atoms with Gasteiger partial charge >= 0.3 is 0 Å². The number of carbonyl (C=O) groups is 1. The van der Waals surface area contributed by atoms with E-state index in [-0.39, 0.29) is 11.8 Å². The van der Waals surface area contributed by atoms with Crippen molar-refractivity contribution in [3.8, 4) is 0 Å². The molecule has 0 aliphatic heterocycles. The standard InChI is InChI=1S/C20H26ClN7O/c1-3-8-28-12-25-17-18(23-11-14-4-6-15(21)7-5-14)26-20(27-19(17)28)24-10-13(2)9-16(22)29/h4-7,12-13H,3,8-11H2,1-2H3,(H2,22,29)(H2,23,24,26,27). The van der Waals surface area contributed by atoms with Crippen molar-refractivity contribution >= 4 is 40.4 Å². The Labute approximate surface area is 174 Å². The van der Waals surface area contributed by atoms with Crippen LogP contribution in [0, 0.1) is 5.92 Å². The maximum Gasteiger partial charge on any atom is 0.226 e. The molecule has 0 aliphatic rings. The first-order valence-corrected chi connectivity index (χ1v) is 10.1. The van der Waals surface area contributed by atoms with Gasteiger partial charge in [0.25, 0.3) is 0 Å². The summed E-state index contributed by atoms with van der Waals surface area (Å²) in [6.07, 6.45) is 3.07. The quantitative estimate of drug-likeness (QED) is 0.467. The van der Waals surface area contributed by atoms with Gasteiger partial charge in [0, 0.05) is 31.1 Å². The molecule has 0 bridgehead atoms. The molecule has 0 radical (unpaired) electrons. The van der Waals surface area contributed by atoms with E-state index in [0.717, 1.165) is 29.7 Å². The second-order valence-corrected chi connectivity index (χ2v) is 7.58. The number of hydrogen-bond acceptors (Lipinski definition) is 6. The molecule has 154 valence electrons. The molecule has 0 saturated carbocycles. The van der Waals surface area contributed by atoms with Crippen molar-refractivity contribution in [1.82, 2.24) is 19.5 Å². The number of rotatable bonds is 10. The molecular formula is C20H26ClN7O. The van der Waals surface area contributed by atoms with E-state index in [4.69, 9.17) is 17.3 Å². The van der Waals surface area contributed by atoms with Crippen molar-refractivity contribution in [3.05, 3.63) is 41.2 Å². The normalized spacial score (nSPS) is 12.1. The number of nitrogens with one attached hydrogen (secondary N) is 2. The van der Waals surface area contributed by atoms with Crippen molar-refractivity contribution in [1.29, 1.82) is 0 Å². The van der Waals surface area contributed by atoms with E-state index in [1.807, 2.05) is 35.8 Å². The topological polar surface area (TPSA) is 111 Å². The van der Waals surface area contributed by atoms with Crippen molar-refractivity contribution < 1.29 is 4.79 Å². The van der Waals surface area contributed by atoms with Gasteiger partial charge in [0.05, 0.1) is 6.33 Å². The summed E-state index contributed by atoms with van der Waals surface area (Å²) in [4.78, 5) is 24.9. The van der Waals surface area contributed by atoms with Gasteiger partial charge in [0.1, 0.15) is 0 Å². The average Bonchev–Trinajstić information content (AvgIpc) is 3.08. The zero-order valence-electron chi connectivity index (χ0n) is 16.7. The number of aromatic nitrogens is 4. The highest BCUT2D eigenvalue weighted by Gasteiger charge is 2.14. The Morgan fingerprint density at radius 1 is 1.24 bits per heavy atom. The molecule has 29 heavy (non-hydrogen) atoms. The number of carbonyl (C=O) groups excluding carboxylic acids is 1. The third-order valence-corrected chi connectivity index (χ3v) is 4.71. The third kappa shape index (κ3) is 5.57. The van der Waals surface area contributed by atoms with Crippen LogP contribution >= 0.6 is 11.6 Å². The summed E-state index contributed by atoms with van der Waals surface area (Å²) in [7, 11) is 0. The number of anilines is 2. The van der Waals surface area contributed by atoms with Gasteiger partial charge in [-0.1, -0.05) is 37.6 Å². The smallest absolute Gasteiger partial charge is 0.226 e. The van der Waals surface area contributed by atoms with Crippen LogP contribution in [0.25, 0.3) is 11.2 Å². The lowest BCUT2D eigenvalue weighted by Crippen LogP contribution is -2.21. The van der Waals surface area contributed by atoms with E-state index in [1.54, 1.807) is 6.33 Å². The minimum Gasteiger partial charge on any atom is -0.370 e. The van der Waals surface area contributed by atoms with Crippen LogP contribution in [0.4, 0.5) is 11.8 Å². The van der Waals surface area contributed by atoms with Crippen LogP contribution in [-0.4, -0.2) is 32.0 Å². The number of primary amides is 1. The molecule has 4 N–H and O–H groups in total. The number of hydrogen-bond donors (Lipinski definition) is 3. The van der Waals surface area contributed by atoms with Gasteiger partial charge in [0.15, 0.2) is 17.0 Å². The predicted molar refractivity (Wildman–Crippen MR) is 116 cm³/mol. The molecule has 1 amide bonds. The van der Waals surface area contributed by atoms with Crippen LogP contribution in [0.2, 0.25) is 5.02 Å². The second kappa shape index (κ2) is 9.56. The highest BCUT2D eigenvalue weighted by Crippen LogP contribution is 2.22. The molecule has 1 atom stereocenters. The molecule has 2 heterocycles. The molecule has 0 saturated heterocycles. The van der Waals surface area contributed by atoms with Gasteiger partial charge in [-0.15, -0.1) is 0 Å². The van der Waals surface area contributed by atoms with Gasteiger partial charge in [-0.05, 0) is 30.0 Å². The van der Waals surface area contributed by atoms with Crippen LogP contribution in [0.1, 0.15) is 32.3 Å². The number of imidazole rings is 1. The van der Waals surface area contributed by atoms with E-state index in [2.05, 4.69) is 32.5 Å². The molecule has 8 nitrogen and oxygen atoms in total. The van der Waals surface area contributed by atoms with Gasteiger partial charge in [0.2, 0.25) is 11.9 Å². The maximum atomic E-state index is 11.1. The Balaban J connectivity index is 1.83. The molecule has 1 aromatic carbocycles. The van der Waals surface area contributed by atoms with Crippen LogP contribution in [0.15, 0.2) is 30.6 Å². The van der Waals surface area contributed by atoms with Crippen molar-refractivity contribution in [3.63, 3.8) is 0 Å². The summed E-state index contributed by atoms with van der Waals surface area (Å²) >= 11 is 5.96. The number of aryl methyl sites for hydroxylation is 1. The fraction of sp³-hybridized carbons (Fsp3) is 0.400. The predicted octanol–water partition coefficient (Wildman–Crippen LogP) is 3.43. The van der Waals surface area contributed by atoms with Gasteiger partial charge in [-0.25, -0.2) is 4.98 Å². The lowest BCUT2D eigenvalue weighted by Gasteiger charge is -2.13. The molecule has 1 unspecified atom stereocenters. The average molecular weight is 416 g/mol. The van der Waals surface area contributed by atoms with Crippen molar-refractivity contribution in [2.75, 3.05) is 17.2 Å². The summed E-state index contributed by atoms with van der Waals surface area (Å²) in [5.41, 5.74) is 7.85. The summed E-state index contributed by atoms with van der Waals surface area (Å²) in [6.45, 7) is 6.02. The first-order chi connectivity index (χ1) is 14.0. The summed E-state index contributed by atoms with van der Waals surface area (Å²) < 4.78 is 2.02. The molecule has 3 aromatic rings. The van der Waals surface area contributed by atoms with E-state index < -0.39 is 0 Å². The Hall–Kier alpha value is -2.87. The highest BCUT2D eigenvalue weighted by atomic mass is 35.5. The highest BCUT2D eigenvalue weighted by molar-refractivity contribution is 6.30. The number of halogens is 1. The number of fused-ring (bicyclic) bond motifs is 1. The van der Waals surface area contributed by atoms with Crippen molar-refractivity contribution in [2.24, 2.45) is 11.7 Å². The zero-order valence-corrected chi connectivity index (χ0v) is 17.4. The van der Waals surface area contributed by atoms with Crippen LogP contribution in [0.5, 0.6) is 0 Å². The second-order valence-electron chi connectivity index (χ2n) is 7.14. The number of amides is 1. The summed E-state index contributed by atoms with van der Waals surface area (Å²) in [5.74, 6) is 0.912. The van der Waals surface area contributed by atoms with E-state index >= 15 is 0 Å². The fourth-order valence-corrected chi connectivity index (χ4v) is 3.15. The Kier molecular flexibility index (Phi) is 6.87. The number of nitrogens with zero attached hydrogens (tertiary/aromatic N) is 4. The van der Waals surface area contributed by atoms with Crippen LogP contribution < -0.4 is 16.4 Å². The van der Waals surface area contributed by atoms with Crippen LogP contribution in [0.3, 0.4) is 0 Å². The molecular weight excluding hydrogens is 390 g/mol. The fourth-order valence-electron chi connectivity index (χ4n) is 3.02. The van der Waals surface area contributed by atoms with Gasteiger partial charge in [-0.3, -0.25) is 4.79 Å². The zero-order chi connectivity index (χ0) is 20.8. The Bertz CT molecular complexity index is 971. The Morgan fingerprint density at radius 3 is 2.69 bits per heavy atom. The van der Waals surface area contributed by atoms with E-state index in [9.17, 15) is 4.79 Å². The molecule has 0 spiro atoms. The monoisotopic (exact) mass is 415 g/mol. The van der Waals surface area contributed by atoms with E-state index in [1.165, 1.54) is 0 Å². The van der Waals surface area contributed by atoms with Crippen LogP contribution in [-0.2, 0) is 17.9 Å². The number of nitrogens with two attached hydrogens (primary N) is 1. The van der Waals surface area contributed by atoms with Crippen molar-refractivity contribution in [2.45, 2.75) is 39.8 Å². The molecule has 2 aromatic heterocycles. The molecule has 3 rings (SSSR count). The van der Waals surface area contributed by atoms with Gasteiger partial charge in [-0.2, -0.15) is 9.97 Å². The largest absolute Gasteiger partial charge is 0.370 e. The lowest BCUT2D eigenvalue weighted by atomic mass is 10.1. The minimum atomic E-state index is -0.318. The Morgan fingerprint density at radius 2 is 2.00 bits per heavy atom. The van der Waals surface area contributed by atoms with Gasteiger partial charge < -0.3 is 20.9 Å². The first kappa shape index (κ1) is 20.9. The van der Waals surface area contributed by atoms with E-state index in [0.29, 0.717) is 36.3 Å².